The van der Waals surface area contributed by atoms with Crippen molar-refractivity contribution in [3.8, 4) is 0 Å². The highest BCUT2D eigenvalue weighted by Crippen LogP contribution is 2.17. The smallest absolute Gasteiger partial charge is 0.0624 e. The zero-order valence-corrected chi connectivity index (χ0v) is 12.3. The van der Waals surface area contributed by atoms with Crippen LogP contribution < -0.4 is 0 Å². The number of rotatable bonds is 7. The van der Waals surface area contributed by atoms with E-state index in [0.29, 0.717) is 11.3 Å². The first kappa shape index (κ1) is 14.6. The van der Waals surface area contributed by atoms with E-state index in [4.69, 9.17) is 11.6 Å². The predicted octanol–water partition coefficient (Wildman–Crippen LogP) is 4.05. The Hall–Kier alpha value is -0.500. The van der Waals surface area contributed by atoms with Crippen molar-refractivity contribution in [2.24, 2.45) is 5.92 Å². The molecule has 0 aliphatic carbocycles. The summed E-state index contributed by atoms with van der Waals surface area (Å²) in [6.45, 7) is 9.63. The van der Waals surface area contributed by atoms with E-state index in [-0.39, 0.29) is 0 Å². The van der Waals surface area contributed by atoms with Gasteiger partial charge in [-0.1, -0.05) is 20.8 Å². The molecular formula is C14H25ClN2. The van der Waals surface area contributed by atoms with Gasteiger partial charge in [0.2, 0.25) is 0 Å². The van der Waals surface area contributed by atoms with Crippen LogP contribution in [0.2, 0.25) is 0 Å². The summed E-state index contributed by atoms with van der Waals surface area (Å²) in [6.07, 6.45) is 4.36. The van der Waals surface area contributed by atoms with Gasteiger partial charge < -0.3 is 0 Å². The molecule has 0 fully saturated rings. The molecule has 1 rings (SSSR count). The Balaban J connectivity index is 2.48. The topological polar surface area (TPSA) is 17.8 Å². The molecule has 0 radical (unpaired) electrons. The van der Waals surface area contributed by atoms with E-state index in [1.165, 1.54) is 11.4 Å². The zero-order chi connectivity index (χ0) is 12.8. The second-order valence-electron chi connectivity index (χ2n) is 4.95. The van der Waals surface area contributed by atoms with Gasteiger partial charge in [-0.25, -0.2) is 0 Å². The van der Waals surface area contributed by atoms with Gasteiger partial charge in [-0.05, 0) is 44.6 Å². The van der Waals surface area contributed by atoms with E-state index in [1.807, 2.05) is 0 Å². The predicted molar refractivity (Wildman–Crippen MR) is 74.7 cm³/mol. The molecule has 0 aromatic carbocycles. The maximum atomic E-state index is 6.27. The van der Waals surface area contributed by atoms with Crippen molar-refractivity contribution in [1.29, 1.82) is 0 Å². The molecule has 1 unspecified atom stereocenters. The third-order valence-corrected chi connectivity index (χ3v) is 3.93. The Morgan fingerprint density at radius 3 is 2.59 bits per heavy atom. The lowest BCUT2D eigenvalue weighted by molar-refractivity contribution is 0.534. The first-order valence-corrected chi connectivity index (χ1v) is 7.21. The monoisotopic (exact) mass is 256 g/mol. The molecule has 1 aromatic heterocycles. The summed E-state index contributed by atoms with van der Waals surface area (Å²) in [5, 5.41) is 4.87. The van der Waals surface area contributed by atoms with Crippen LogP contribution in [0.4, 0.5) is 0 Å². The van der Waals surface area contributed by atoms with Crippen LogP contribution in [-0.4, -0.2) is 15.2 Å². The summed E-state index contributed by atoms with van der Waals surface area (Å²) < 4.78 is 2.12. The van der Waals surface area contributed by atoms with Crippen molar-refractivity contribution in [1.82, 2.24) is 9.78 Å². The van der Waals surface area contributed by atoms with Crippen LogP contribution in [0.15, 0.2) is 6.07 Å². The largest absolute Gasteiger partial charge is 0.270 e. The van der Waals surface area contributed by atoms with E-state index >= 15 is 0 Å². The van der Waals surface area contributed by atoms with Gasteiger partial charge in [-0.3, -0.25) is 4.68 Å². The van der Waals surface area contributed by atoms with Crippen molar-refractivity contribution in [2.75, 3.05) is 0 Å². The summed E-state index contributed by atoms with van der Waals surface area (Å²) in [4.78, 5) is 0. The van der Waals surface area contributed by atoms with Crippen molar-refractivity contribution < 1.29 is 0 Å². The molecule has 0 N–H and O–H groups in total. The number of alkyl halides is 1. The average Bonchev–Trinajstić information content (AvgIpc) is 2.71. The first-order chi connectivity index (χ1) is 8.08. The first-order valence-electron chi connectivity index (χ1n) is 6.78. The molecular weight excluding hydrogens is 232 g/mol. The van der Waals surface area contributed by atoms with Gasteiger partial charge in [0.25, 0.3) is 0 Å². The normalized spacial score (nSPS) is 13.3. The Morgan fingerprint density at radius 2 is 2.06 bits per heavy atom. The van der Waals surface area contributed by atoms with Gasteiger partial charge in [0.05, 0.1) is 5.69 Å². The third kappa shape index (κ3) is 4.34. The van der Waals surface area contributed by atoms with E-state index in [0.717, 1.165) is 32.2 Å². The van der Waals surface area contributed by atoms with E-state index in [1.54, 1.807) is 0 Å². The van der Waals surface area contributed by atoms with Gasteiger partial charge in [-0.2, -0.15) is 5.10 Å². The summed E-state index contributed by atoms with van der Waals surface area (Å²) in [6, 6.07) is 2.24. The maximum absolute atomic E-state index is 6.27. The van der Waals surface area contributed by atoms with E-state index in [9.17, 15) is 0 Å². The van der Waals surface area contributed by atoms with Gasteiger partial charge in [0.1, 0.15) is 0 Å². The Bertz CT molecular complexity index is 331. The van der Waals surface area contributed by atoms with Crippen LogP contribution in [0.1, 0.15) is 51.9 Å². The highest BCUT2D eigenvalue weighted by molar-refractivity contribution is 6.20. The van der Waals surface area contributed by atoms with Crippen molar-refractivity contribution >= 4 is 11.6 Å². The Morgan fingerprint density at radius 1 is 1.35 bits per heavy atom. The minimum absolute atomic E-state index is 0.304. The molecule has 0 bridgehead atoms. The third-order valence-electron chi connectivity index (χ3n) is 3.21. The molecule has 0 spiro atoms. The molecule has 0 aliphatic rings. The van der Waals surface area contributed by atoms with Crippen molar-refractivity contribution in [3.63, 3.8) is 0 Å². The molecule has 1 atom stereocenters. The second kappa shape index (κ2) is 7.05. The molecule has 3 heteroatoms. The number of hydrogen-bond donors (Lipinski definition) is 0. The van der Waals surface area contributed by atoms with Crippen LogP contribution in [0.25, 0.3) is 0 Å². The lowest BCUT2D eigenvalue weighted by atomic mass is 10.0. The molecule has 0 amide bonds. The van der Waals surface area contributed by atoms with Gasteiger partial charge in [0.15, 0.2) is 0 Å². The standard InChI is InChI=1S/C14H25ClN2/c1-5-12-10-13(17(6-2)16-12)8-7-9-14(15)11(3)4/h10-11,14H,5-9H2,1-4H3. The van der Waals surface area contributed by atoms with Crippen LogP contribution in [0.3, 0.4) is 0 Å². The molecule has 1 aromatic rings. The fourth-order valence-corrected chi connectivity index (χ4v) is 2.13. The molecule has 0 saturated heterocycles. The Kier molecular flexibility index (Phi) is 6.04. The maximum Gasteiger partial charge on any atom is 0.0624 e. The fraction of sp³-hybridized carbons (Fsp3) is 0.786. The number of aromatic nitrogens is 2. The molecule has 17 heavy (non-hydrogen) atoms. The molecule has 1 heterocycles. The minimum Gasteiger partial charge on any atom is -0.270 e. The molecule has 0 aliphatic heterocycles. The Labute approximate surface area is 110 Å². The van der Waals surface area contributed by atoms with Crippen molar-refractivity contribution in [3.05, 3.63) is 17.5 Å². The van der Waals surface area contributed by atoms with Gasteiger partial charge in [0, 0.05) is 17.6 Å². The SMILES string of the molecule is CCc1cc(CCCC(Cl)C(C)C)n(CC)n1. The fourth-order valence-electron chi connectivity index (χ4n) is 1.97. The second-order valence-corrected chi connectivity index (χ2v) is 5.51. The summed E-state index contributed by atoms with van der Waals surface area (Å²) >= 11 is 6.27. The molecule has 2 nitrogen and oxygen atoms in total. The summed E-state index contributed by atoms with van der Waals surface area (Å²) in [7, 11) is 0. The van der Waals surface area contributed by atoms with Gasteiger partial charge in [-0.15, -0.1) is 11.6 Å². The summed E-state index contributed by atoms with van der Waals surface area (Å²) in [5.41, 5.74) is 2.56. The van der Waals surface area contributed by atoms with Crippen LogP contribution in [0, 0.1) is 5.92 Å². The van der Waals surface area contributed by atoms with Crippen LogP contribution >= 0.6 is 11.6 Å². The number of hydrogen-bond acceptors (Lipinski definition) is 1. The van der Waals surface area contributed by atoms with E-state index in [2.05, 4.69) is 43.5 Å². The number of halogens is 1. The average molecular weight is 257 g/mol. The van der Waals surface area contributed by atoms with Crippen LogP contribution in [0.5, 0.6) is 0 Å². The zero-order valence-electron chi connectivity index (χ0n) is 11.5. The minimum atomic E-state index is 0.304. The molecule has 98 valence electrons. The number of nitrogens with zero attached hydrogens (tertiary/aromatic N) is 2. The lowest BCUT2D eigenvalue weighted by Crippen LogP contribution is -2.09. The molecule has 0 saturated carbocycles. The number of aryl methyl sites for hydroxylation is 3. The lowest BCUT2D eigenvalue weighted by Gasteiger charge is -2.12. The highest BCUT2D eigenvalue weighted by Gasteiger charge is 2.10. The summed E-state index contributed by atoms with van der Waals surface area (Å²) in [5.74, 6) is 0.568. The quantitative estimate of drug-likeness (QED) is 0.673. The van der Waals surface area contributed by atoms with Crippen molar-refractivity contribution in [2.45, 2.75) is 65.3 Å². The van der Waals surface area contributed by atoms with E-state index < -0.39 is 0 Å². The van der Waals surface area contributed by atoms with Crippen LogP contribution in [-0.2, 0) is 19.4 Å². The van der Waals surface area contributed by atoms with Gasteiger partial charge >= 0.3 is 0 Å². The highest BCUT2D eigenvalue weighted by atomic mass is 35.5.